The Balaban J connectivity index is 0.000000295. The molecule has 0 saturated heterocycles. The Morgan fingerprint density at radius 2 is 1.54 bits per heavy atom. The molecule has 0 atom stereocenters. The minimum atomic E-state index is -4.52. The van der Waals surface area contributed by atoms with Crippen molar-refractivity contribution in [2.24, 2.45) is 20.5 Å². The van der Waals surface area contributed by atoms with Gasteiger partial charge < -0.3 is 19.6 Å². The van der Waals surface area contributed by atoms with Gasteiger partial charge >= 0.3 is 5.97 Å². The third-order valence-corrected chi connectivity index (χ3v) is 10.8. The summed E-state index contributed by atoms with van der Waals surface area (Å²) in [6.07, 6.45) is 3.36. The first-order valence-electron chi connectivity index (χ1n) is 17.1. The number of aromatic carboxylic acids is 1. The number of azo groups is 2. The van der Waals surface area contributed by atoms with Gasteiger partial charge in [-0.1, -0.05) is 13.0 Å². The van der Waals surface area contributed by atoms with Crippen molar-refractivity contribution < 1.29 is 57.1 Å². The average Bonchev–Trinajstić information content (AvgIpc) is 3.16. The maximum absolute atomic E-state index is 11.9. The van der Waals surface area contributed by atoms with Crippen LogP contribution >= 0.6 is 11.8 Å². The standard InChI is InChI=1S/C18H24N4O4S2.C17H18N4O5S.Ni/c1-5-22(6-2)15-11-17(28(23,24)25)14(10-16(15)26-4)20-21-18-9-8-13(12-19-18)27-7-3;1-2-21-8-4-5-11-9-13(15(10-14(11)21)27(24,25)26)19-20-16-7-3-6-12(18-16)17(22)23;/h8-12H,5-7H2,1-4H3,(H,23,24,25);3,6-7,9-10H,2,4-5,8H2,1H3,(H,22,23)(H,24,25,26);. The van der Waals surface area contributed by atoms with Crippen molar-refractivity contribution in [3.05, 3.63) is 72.1 Å². The van der Waals surface area contributed by atoms with Crippen molar-refractivity contribution in [3.8, 4) is 5.75 Å². The van der Waals surface area contributed by atoms with Crippen molar-refractivity contribution in [1.82, 2.24) is 9.97 Å². The van der Waals surface area contributed by atoms with E-state index in [-0.39, 0.29) is 49.2 Å². The third kappa shape index (κ3) is 12.0. The molecule has 0 bridgehead atoms. The Kier molecular flexibility index (Phi) is 16.9. The average molecular weight is 874 g/mol. The smallest absolute Gasteiger partial charge is 0.354 e. The number of benzene rings is 2. The molecule has 5 rings (SSSR count). The zero-order chi connectivity index (χ0) is 40.3. The maximum atomic E-state index is 11.9. The first kappa shape index (κ1) is 45.9. The Bertz CT molecular complexity index is 2270. The van der Waals surface area contributed by atoms with Crippen LogP contribution in [0.4, 0.5) is 34.4 Å². The number of anilines is 2. The third-order valence-electron chi connectivity index (χ3n) is 8.18. The fourth-order valence-corrected chi connectivity index (χ4v) is 7.45. The van der Waals surface area contributed by atoms with Gasteiger partial charge in [0.1, 0.15) is 26.9 Å². The second-order valence-corrected chi connectivity index (χ2v) is 15.7. The van der Waals surface area contributed by atoms with Gasteiger partial charge in [-0.2, -0.15) is 16.8 Å². The Hall–Kier alpha value is -4.53. The summed E-state index contributed by atoms with van der Waals surface area (Å²) >= 11 is 1.65. The van der Waals surface area contributed by atoms with E-state index < -0.39 is 26.2 Å². The van der Waals surface area contributed by atoms with Crippen LogP contribution in [0.25, 0.3) is 0 Å². The molecule has 1 aliphatic rings. The summed E-state index contributed by atoms with van der Waals surface area (Å²) in [6.45, 7) is 10.7. The Morgan fingerprint density at radius 3 is 2.09 bits per heavy atom. The molecule has 0 saturated carbocycles. The minimum Gasteiger partial charge on any atom is -0.495 e. The second kappa shape index (κ2) is 20.6. The van der Waals surface area contributed by atoms with Crippen LogP contribution in [0.5, 0.6) is 5.75 Å². The largest absolute Gasteiger partial charge is 0.495 e. The van der Waals surface area contributed by atoms with E-state index in [1.54, 1.807) is 30.1 Å². The maximum Gasteiger partial charge on any atom is 0.354 e. The van der Waals surface area contributed by atoms with Gasteiger partial charge in [0.2, 0.25) is 0 Å². The number of thioether (sulfide) groups is 1. The van der Waals surface area contributed by atoms with Crippen LogP contribution in [0.2, 0.25) is 0 Å². The number of aryl methyl sites for hydroxylation is 1. The van der Waals surface area contributed by atoms with Crippen LogP contribution in [0, 0.1) is 0 Å². The number of aromatic nitrogens is 2. The van der Waals surface area contributed by atoms with Gasteiger partial charge in [-0.25, -0.2) is 14.8 Å². The van der Waals surface area contributed by atoms with Crippen molar-refractivity contribution in [1.29, 1.82) is 0 Å². The van der Waals surface area contributed by atoms with Crippen LogP contribution in [0.1, 0.15) is 50.2 Å². The molecule has 304 valence electrons. The van der Waals surface area contributed by atoms with Crippen molar-refractivity contribution in [2.45, 2.75) is 55.2 Å². The van der Waals surface area contributed by atoms with Gasteiger partial charge in [-0.05, 0) is 87.4 Å². The number of hydrogen-bond donors (Lipinski definition) is 3. The van der Waals surface area contributed by atoms with E-state index in [2.05, 4.69) is 30.4 Å². The number of pyridine rings is 2. The van der Waals surface area contributed by atoms with Crippen LogP contribution in [-0.4, -0.2) is 86.0 Å². The van der Waals surface area contributed by atoms with E-state index in [0.29, 0.717) is 36.9 Å². The molecule has 3 heterocycles. The number of carboxylic acids is 1. The van der Waals surface area contributed by atoms with Gasteiger partial charge in [-0.3, -0.25) is 9.11 Å². The van der Waals surface area contributed by atoms with Gasteiger partial charge in [0.05, 0.1) is 12.8 Å². The second-order valence-electron chi connectivity index (χ2n) is 11.6. The molecule has 56 heavy (non-hydrogen) atoms. The first-order valence-corrected chi connectivity index (χ1v) is 21.0. The first-order chi connectivity index (χ1) is 26.1. The quantitative estimate of drug-likeness (QED) is 0.0472. The fourth-order valence-electron chi connectivity index (χ4n) is 5.58. The molecular formula is C35H42N8NiO9S3. The molecule has 2 aromatic heterocycles. The SMILES string of the molecule is CCN1CCCc2cc(N=Nc3cccc(C(=O)O)n3)c(S(=O)(=O)O)cc21.CCSc1ccc(N=Nc2cc(OC)c(N(CC)CC)cc2S(=O)(=O)O)nc1.[Ni]. The van der Waals surface area contributed by atoms with Gasteiger partial charge in [0, 0.05) is 65.5 Å². The zero-order valence-electron chi connectivity index (χ0n) is 31.1. The van der Waals surface area contributed by atoms with Crippen molar-refractivity contribution in [2.75, 3.05) is 48.8 Å². The van der Waals surface area contributed by atoms with Gasteiger partial charge in [0.25, 0.3) is 20.2 Å². The number of rotatable bonds is 14. The summed E-state index contributed by atoms with van der Waals surface area (Å²) in [5.74, 6) is 0.503. The number of carbonyl (C=O) groups is 1. The number of methoxy groups -OCH3 is 1. The van der Waals surface area contributed by atoms with Crippen LogP contribution in [0.15, 0.2) is 95.9 Å². The molecule has 17 nitrogen and oxygen atoms in total. The number of carboxylic acid groups (broad SMARTS) is 1. The number of ether oxygens (including phenoxy) is 1. The topological polar surface area (TPSA) is 237 Å². The molecule has 21 heteroatoms. The van der Waals surface area contributed by atoms with Crippen LogP contribution < -0.4 is 14.5 Å². The zero-order valence-corrected chi connectivity index (χ0v) is 34.6. The summed E-state index contributed by atoms with van der Waals surface area (Å²) < 4.78 is 72.1. The molecule has 0 aliphatic carbocycles. The molecule has 0 fully saturated rings. The molecular weight excluding hydrogens is 831 g/mol. The Morgan fingerprint density at radius 1 is 0.893 bits per heavy atom. The summed E-state index contributed by atoms with van der Waals surface area (Å²) in [7, 11) is -7.54. The molecule has 0 spiro atoms. The number of nitrogens with zero attached hydrogens (tertiary/aromatic N) is 8. The molecule has 2 aromatic carbocycles. The predicted molar refractivity (Wildman–Crippen MR) is 209 cm³/mol. The molecule has 4 aromatic rings. The monoisotopic (exact) mass is 872 g/mol. The van der Waals surface area contributed by atoms with Crippen molar-refractivity contribution in [3.63, 3.8) is 0 Å². The number of fused-ring (bicyclic) bond motifs is 1. The fraction of sp³-hybridized carbons (Fsp3) is 0.343. The van der Waals surface area contributed by atoms with E-state index in [4.69, 9.17) is 9.84 Å². The molecule has 0 radical (unpaired) electrons. The molecule has 0 amide bonds. The van der Waals surface area contributed by atoms with E-state index in [1.807, 2.05) is 43.6 Å². The van der Waals surface area contributed by atoms with E-state index >= 15 is 0 Å². The van der Waals surface area contributed by atoms with E-state index in [1.165, 1.54) is 43.5 Å². The van der Waals surface area contributed by atoms with Crippen LogP contribution in [0.3, 0.4) is 0 Å². The summed E-state index contributed by atoms with van der Waals surface area (Å²) in [4.78, 5) is 23.3. The summed E-state index contributed by atoms with van der Waals surface area (Å²) in [5, 5.41) is 24.7. The minimum absolute atomic E-state index is 0. The molecule has 1 aliphatic heterocycles. The van der Waals surface area contributed by atoms with E-state index in [0.717, 1.165) is 41.3 Å². The molecule has 3 N–H and O–H groups in total. The normalized spacial score (nSPS) is 12.8. The number of hydrogen-bond acceptors (Lipinski definition) is 15. The van der Waals surface area contributed by atoms with E-state index in [9.17, 15) is 30.7 Å². The van der Waals surface area contributed by atoms with Gasteiger partial charge in [-0.15, -0.1) is 32.2 Å². The Labute approximate surface area is 340 Å². The molecule has 0 unspecified atom stereocenters. The van der Waals surface area contributed by atoms with Gasteiger partial charge in [0.15, 0.2) is 17.3 Å². The summed E-state index contributed by atoms with van der Waals surface area (Å²) in [6, 6.07) is 13.6. The predicted octanol–water partition coefficient (Wildman–Crippen LogP) is 7.92. The van der Waals surface area contributed by atoms with Crippen LogP contribution in [-0.2, 0) is 43.1 Å². The van der Waals surface area contributed by atoms with Crippen molar-refractivity contribution >= 4 is 72.4 Å². The summed E-state index contributed by atoms with van der Waals surface area (Å²) in [5.41, 5.74) is 1.97.